The van der Waals surface area contributed by atoms with Crippen LogP contribution in [-0.4, -0.2) is 11.2 Å². The smallest absolute Gasteiger partial charge is 0.0674 e. The lowest BCUT2D eigenvalue weighted by Gasteiger charge is -2.10. The second-order valence-corrected chi connectivity index (χ2v) is 3.32. The fraction of sp³-hybridized carbons (Fsp3) is 0.273. The molecular formula is C11H12N2. The first-order valence-corrected chi connectivity index (χ1v) is 4.51. The van der Waals surface area contributed by atoms with E-state index in [0.29, 0.717) is 5.92 Å². The van der Waals surface area contributed by atoms with Crippen molar-refractivity contribution in [1.29, 1.82) is 0 Å². The maximum absolute atomic E-state index is 4.38. The standard InChI is InChI=1S/C11H12N2/c1-9-4-5-11(13-7-9)10-3-2-6-12-8-10/h2-3,5-9H,4H2,1H3. The largest absolute Gasteiger partial charge is 0.264 e. The molecule has 0 saturated carbocycles. The number of aromatic nitrogens is 1. The third-order valence-electron chi connectivity index (χ3n) is 2.11. The van der Waals surface area contributed by atoms with Gasteiger partial charge in [-0.05, 0) is 24.5 Å². The van der Waals surface area contributed by atoms with Gasteiger partial charge in [0.05, 0.1) is 5.70 Å². The molecule has 2 nitrogen and oxygen atoms in total. The predicted molar refractivity (Wildman–Crippen MR) is 54.5 cm³/mol. The zero-order valence-corrected chi connectivity index (χ0v) is 7.64. The van der Waals surface area contributed by atoms with Crippen LogP contribution in [0.4, 0.5) is 0 Å². The van der Waals surface area contributed by atoms with E-state index in [0.717, 1.165) is 17.7 Å². The van der Waals surface area contributed by atoms with Crippen molar-refractivity contribution < 1.29 is 0 Å². The molecule has 0 fully saturated rings. The first kappa shape index (κ1) is 8.17. The van der Waals surface area contributed by atoms with Gasteiger partial charge in [0.15, 0.2) is 0 Å². The highest BCUT2D eigenvalue weighted by molar-refractivity contribution is 5.77. The Kier molecular flexibility index (Phi) is 2.21. The summed E-state index contributed by atoms with van der Waals surface area (Å²) in [7, 11) is 0. The maximum Gasteiger partial charge on any atom is 0.0674 e. The summed E-state index contributed by atoms with van der Waals surface area (Å²) in [6.07, 6.45) is 8.87. The van der Waals surface area contributed by atoms with Crippen molar-refractivity contribution in [2.24, 2.45) is 10.9 Å². The van der Waals surface area contributed by atoms with Gasteiger partial charge in [0.25, 0.3) is 0 Å². The first-order chi connectivity index (χ1) is 6.36. The minimum atomic E-state index is 0.570. The Hall–Kier alpha value is -1.44. The second kappa shape index (κ2) is 3.52. The average Bonchev–Trinajstić information content (AvgIpc) is 2.20. The molecule has 0 aromatic carbocycles. The van der Waals surface area contributed by atoms with Gasteiger partial charge >= 0.3 is 0 Å². The molecule has 0 spiro atoms. The molecule has 2 rings (SSSR count). The third kappa shape index (κ3) is 1.83. The fourth-order valence-corrected chi connectivity index (χ4v) is 1.33. The zero-order valence-electron chi connectivity index (χ0n) is 7.64. The summed E-state index contributed by atoms with van der Waals surface area (Å²) in [6.45, 7) is 2.17. The molecule has 0 bridgehead atoms. The fourth-order valence-electron chi connectivity index (χ4n) is 1.33. The van der Waals surface area contributed by atoms with Crippen molar-refractivity contribution in [1.82, 2.24) is 4.98 Å². The summed E-state index contributed by atoms with van der Waals surface area (Å²) >= 11 is 0. The van der Waals surface area contributed by atoms with Gasteiger partial charge in [-0.3, -0.25) is 9.98 Å². The molecule has 1 aliphatic rings. The van der Waals surface area contributed by atoms with Crippen LogP contribution in [0.5, 0.6) is 0 Å². The average molecular weight is 172 g/mol. The second-order valence-electron chi connectivity index (χ2n) is 3.32. The van der Waals surface area contributed by atoms with E-state index in [4.69, 9.17) is 0 Å². The molecule has 66 valence electrons. The van der Waals surface area contributed by atoms with Gasteiger partial charge in [0.1, 0.15) is 0 Å². The predicted octanol–water partition coefficient (Wildman–Crippen LogP) is 2.53. The number of hydrogen-bond acceptors (Lipinski definition) is 2. The Morgan fingerprint density at radius 2 is 2.38 bits per heavy atom. The van der Waals surface area contributed by atoms with Crippen LogP contribution in [0.15, 0.2) is 35.6 Å². The van der Waals surface area contributed by atoms with Gasteiger partial charge in [-0.2, -0.15) is 0 Å². The molecule has 1 unspecified atom stereocenters. The van der Waals surface area contributed by atoms with Crippen molar-refractivity contribution in [2.45, 2.75) is 13.3 Å². The van der Waals surface area contributed by atoms with Gasteiger partial charge in [0.2, 0.25) is 0 Å². The summed E-state index contributed by atoms with van der Waals surface area (Å²) < 4.78 is 0. The molecule has 1 aliphatic heterocycles. The summed E-state index contributed by atoms with van der Waals surface area (Å²) in [6, 6.07) is 3.97. The third-order valence-corrected chi connectivity index (χ3v) is 2.11. The van der Waals surface area contributed by atoms with Crippen LogP contribution < -0.4 is 0 Å². The van der Waals surface area contributed by atoms with Crippen LogP contribution in [0.2, 0.25) is 0 Å². The van der Waals surface area contributed by atoms with E-state index in [2.05, 4.69) is 23.0 Å². The molecule has 0 amide bonds. The number of nitrogens with zero attached hydrogens (tertiary/aromatic N) is 2. The minimum Gasteiger partial charge on any atom is -0.264 e. The highest BCUT2D eigenvalue weighted by Gasteiger charge is 2.05. The molecule has 2 heteroatoms. The summed E-state index contributed by atoms with van der Waals surface area (Å²) in [5.41, 5.74) is 2.15. The van der Waals surface area contributed by atoms with E-state index in [1.165, 1.54) is 0 Å². The summed E-state index contributed by atoms with van der Waals surface area (Å²) in [5.74, 6) is 0.570. The molecule has 0 aliphatic carbocycles. The highest BCUT2D eigenvalue weighted by atomic mass is 14.8. The number of pyridine rings is 1. The van der Waals surface area contributed by atoms with Gasteiger partial charge in [0, 0.05) is 24.2 Å². The Labute approximate surface area is 78.0 Å². The zero-order chi connectivity index (χ0) is 9.10. The van der Waals surface area contributed by atoms with E-state index < -0.39 is 0 Å². The molecule has 1 aromatic rings. The maximum atomic E-state index is 4.38. The van der Waals surface area contributed by atoms with E-state index in [1.54, 1.807) is 6.20 Å². The van der Waals surface area contributed by atoms with Crippen LogP contribution in [-0.2, 0) is 0 Å². The van der Waals surface area contributed by atoms with Gasteiger partial charge < -0.3 is 0 Å². The molecule has 0 N–H and O–H groups in total. The lowest BCUT2D eigenvalue weighted by Crippen LogP contribution is -1.99. The number of allylic oxidation sites excluding steroid dienone is 1. The van der Waals surface area contributed by atoms with Crippen LogP contribution in [0.25, 0.3) is 5.70 Å². The van der Waals surface area contributed by atoms with E-state index in [1.807, 2.05) is 24.5 Å². The SMILES string of the molecule is CC1C=NC(c2cccnc2)=CC1. The molecule has 0 saturated heterocycles. The number of rotatable bonds is 1. The van der Waals surface area contributed by atoms with Gasteiger partial charge in [-0.15, -0.1) is 0 Å². The van der Waals surface area contributed by atoms with Crippen LogP contribution in [0.3, 0.4) is 0 Å². The summed E-state index contributed by atoms with van der Waals surface area (Å²) in [4.78, 5) is 8.44. The van der Waals surface area contributed by atoms with Gasteiger partial charge in [-0.25, -0.2) is 0 Å². The Morgan fingerprint density at radius 3 is 3.00 bits per heavy atom. The van der Waals surface area contributed by atoms with E-state index in [-0.39, 0.29) is 0 Å². The highest BCUT2D eigenvalue weighted by Crippen LogP contribution is 2.20. The van der Waals surface area contributed by atoms with Crippen molar-refractivity contribution in [3.63, 3.8) is 0 Å². The van der Waals surface area contributed by atoms with E-state index >= 15 is 0 Å². The number of hydrogen-bond donors (Lipinski definition) is 0. The Morgan fingerprint density at radius 1 is 1.46 bits per heavy atom. The normalized spacial score (nSPS) is 21.3. The molecule has 13 heavy (non-hydrogen) atoms. The van der Waals surface area contributed by atoms with Crippen molar-refractivity contribution >= 4 is 11.9 Å². The molecule has 1 aromatic heterocycles. The lowest BCUT2D eigenvalue weighted by molar-refractivity contribution is 0.799. The molecular weight excluding hydrogens is 160 g/mol. The monoisotopic (exact) mass is 172 g/mol. The number of aliphatic imine (C=N–C) groups is 1. The molecule has 1 atom stereocenters. The Bertz CT molecular complexity index is 338. The molecule has 0 radical (unpaired) electrons. The Balaban J connectivity index is 2.25. The topological polar surface area (TPSA) is 25.2 Å². The molecule has 2 heterocycles. The van der Waals surface area contributed by atoms with Crippen molar-refractivity contribution in [3.05, 3.63) is 36.2 Å². The van der Waals surface area contributed by atoms with Crippen LogP contribution in [0, 0.1) is 5.92 Å². The first-order valence-electron chi connectivity index (χ1n) is 4.51. The summed E-state index contributed by atoms with van der Waals surface area (Å²) in [5, 5.41) is 0. The minimum absolute atomic E-state index is 0.570. The van der Waals surface area contributed by atoms with Gasteiger partial charge in [-0.1, -0.05) is 13.0 Å². The van der Waals surface area contributed by atoms with Crippen molar-refractivity contribution in [2.75, 3.05) is 0 Å². The lowest BCUT2D eigenvalue weighted by atomic mass is 10.0. The van der Waals surface area contributed by atoms with Crippen LogP contribution >= 0.6 is 0 Å². The van der Waals surface area contributed by atoms with Crippen LogP contribution in [0.1, 0.15) is 18.9 Å². The quantitative estimate of drug-likeness (QED) is 0.639. The van der Waals surface area contributed by atoms with Crippen molar-refractivity contribution in [3.8, 4) is 0 Å². The van der Waals surface area contributed by atoms with E-state index in [9.17, 15) is 0 Å².